The number of hydrogen-bond donors (Lipinski definition) is 1. The van der Waals surface area contributed by atoms with Gasteiger partial charge in [0.25, 0.3) is 11.8 Å². The predicted octanol–water partition coefficient (Wildman–Crippen LogP) is 1.23. The second-order valence-corrected chi connectivity index (χ2v) is 6.23. The Morgan fingerprint density at radius 2 is 1.96 bits per heavy atom. The lowest BCUT2D eigenvalue weighted by atomic mass is 9.73. The van der Waals surface area contributed by atoms with Crippen LogP contribution in [-0.4, -0.2) is 45.5 Å². The average molecular weight is 335 g/mol. The topological polar surface area (TPSA) is 87.5 Å². The lowest BCUT2D eigenvalue weighted by molar-refractivity contribution is -0.127. The number of rotatable bonds is 2. The molecular weight excluding hydrogens is 318 g/mol. The van der Waals surface area contributed by atoms with Crippen LogP contribution in [0.25, 0.3) is 0 Å². The first-order valence-corrected chi connectivity index (χ1v) is 8.20. The van der Waals surface area contributed by atoms with Crippen molar-refractivity contribution in [2.24, 2.45) is 10.5 Å². The van der Waals surface area contributed by atoms with Gasteiger partial charge in [0, 0.05) is 31.7 Å². The van der Waals surface area contributed by atoms with Gasteiger partial charge in [0.15, 0.2) is 0 Å². The van der Waals surface area contributed by atoms with Crippen LogP contribution in [0, 0.1) is 5.41 Å². The van der Waals surface area contributed by atoms with Crippen LogP contribution >= 0.6 is 0 Å². The molecule has 0 aromatic carbocycles. The number of carbonyl (C=O) groups excluding carboxylic acids is 2. The first kappa shape index (κ1) is 15.4. The normalized spacial score (nSPS) is 18.8. The molecular formula is C18H17N5O2. The van der Waals surface area contributed by atoms with E-state index in [4.69, 9.17) is 0 Å². The second kappa shape index (κ2) is 6.08. The minimum atomic E-state index is -0.708. The van der Waals surface area contributed by atoms with Gasteiger partial charge < -0.3 is 4.90 Å². The first-order valence-electron chi connectivity index (χ1n) is 8.20. The van der Waals surface area contributed by atoms with Crippen molar-refractivity contribution in [2.75, 3.05) is 13.1 Å². The van der Waals surface area contributed by atoms with E-state index in [0.29, 0.717) is 42.9 Å². The molecule has 2 aromatic heterocycles. The Morgan fingerprint density at radius 1 is 1.12 bits per heavy atom. The standard InChI is InChI=1S/C18H17N5O2/c24-16(13-4-3-8-19-12-13)23-10-6-18(7-11-23)15(21-22-17(18)25)14-5-1-2-9-20-14/h1-5,8-9,12H,6-7,10-11H2,(H,22,25). The van der Waals surface area contributed by atoms with Crippen LogP contribution in [0.15, 0.2) is 54.0 Å². The number of nitrogens with zero attached hydrogens (tertiary/aromatic N) is 4. The van der Waals surface area contributed by atoms with Gasteiger partial charge in [0.05, 0.1) is 11.3 Å². The largest absolute Gasteiger partial charge is 0.339 e. The van der Waals surface area contributed by atoms with Crippen LogP contribution in [0.1, 0.15) is 28.9 Å². The summed E-state index contributed by atoms with van der Waals surface area (Å²) >= 11 is 0. The van der Waals surface area contributed by atoms with Crippen molar-refractivity contribution in [3.05, 3.63) is 60.2 Å². The highest BCUT2D eigenvalue weighted by atomic mass is 16.2. The average Bonchev–Trinajstić information content (AvgIpc) is 2.99. The van der Waals surface area contributed by atoms with Crippen molar-refractivity contribution >= 4 is 17.5 Å². The lowest BCUT2D eigenvalue weighted by Crippen LogP contribution is -2.50. The van der Waals surface area contributed by atoms with Crippen LogP contribution in [0.5, 0.6) is 0 Å². The Labute approximate surface area is 144 Å². The molecule has 1 saturated heterocycles. The number of nitrogens with one attached hydrogen (secondary N) is 1. The van der Waals surface area contributed by atoms with Crippen LogP contribution < -0.4 is 5.43 Å². The molecule has 0 bridgehead atoms. The van der Waals surface area contributed by atoms with Gasteiger partial charge in [0.1, 0.15) is 11.1 Å². The van der Waals surface area contributed by atoms with Crippen molar-refractivity contribution < 1.29 is 9.59 Å². The summed E-state index contributed by atoms with van der Waals surface area (Å²) in [5, 5.41) is 4.23. The van der Waals surface area contributed by atoms with Crippen molar-refractivity contribution in [3.63, 3.8) is 0 Å². The van der Waals surface area contributed by atoms with E-state index >= 15 is 0 Å². The van der Waals surface area contributed by atoms with Crippen molar-refractivity contribution in [1.82, 2.24) is 20.3 Å². The zero-order chi connectivity index (χ0) is 17.3. The molecule has 4 rings (SSSR count). The third-order valence-electron chi connectivity index (χ3n) is 4.88. The monoisotopic (exact) mass is 335 g/mol. The number of piperidine rings is 1. The molecule has 126 valence electrons. The number of hydrazone groups is 1. The van der Waals surface area contributed by atoms with E-state index in [9.17, 15) is 9.59 Å². The Balaban J connectivity index is 1.55. The molecule has 2 amide bonds. The third kappa shape index (κ3) is 2.57. The molecule has 1 N–H and O–H groups in total. The fourth-order valence-electron chi connectivity index (χ4n) is 3.46. The van der Waals surface area contributed by atoms with E-state index in [-0.39, 0.29) is 11.8 Å². The van der Waals surface area contributed by atoms with Gasteiger partial charge in [-0.25, -0.2) is 5.43 Å². The maximum Gasteiger partial charge on any atom is 0.255 e. The third-order valence-corrected chi connectivity index (χ3v) is 4.88. The summed E-state index contributed by atoms with van der Waals surface area (Å²) in [5.74, 6) is -0.167. The number of carbonyl (C=O) groups is 2. The molecule has 7 heteroatoms. The molecule has 0 atom stereocenters. The predicted molar refractivity (Wildman–Crippen MR) is 90.7 cm³/mol. The van der Waals surface area contributed by atoms with Crippen molar-refractivity contribution in [2.45, 2.75) is 12.8 Å². The summed E-state index contributed by atoms with van der Waals surface area (Å²) in [7, 11) is 0. The first-order chi connectivity index (χ1) is 12.2. The Morgan fingerprint density at radius 3 is 2.64 bits per heavy atom. The van der Waals surface area contributed by atoms with E-state index in [1.165, 1.54) is 0 Å². The van der Waals surface area contributed by atoms with Gasteiger partial charge in [0.2, 0.25) is 0 Å². The quantitative estimate of drug-likeness (QED) is 0.894. The highest BCUT2D eigenvalue weighted by Gasteiger charge is 2.50. The van der Waals surface area contributed by atoms with Gasteiger partial charge >= 0.3 is 0 Å². The highest BCUT2D eigenvalue weighted by Crippen LogP contribution is 2.38. The molecule has 4 heterocycles. The minimum absolute atomic E-state index is 0.0577. The second-order valence-electron chi connectivity index (χ2n) is 6.23. The van der Waals surface area contributed by atoms with Gasteiger partial charge in [-0.1, -0.05) is 6.07 Å². The maximum atomic E-state index is 12.6. The van der Waals surface area contributed by atoms with Crippen LogP contribution in [-0.2, 0) is 4.79 Å². The van der Waals surface area contributed by atoms with E-state index in [2.05, 4.69) is 20.5 Å². The zero-order valence-corrected chi connectivity index (χ0v) is 13.6. The van der Waals surface area contributed by atoms with Crippen molar-refractivity contribution in [1.29, 1.82) is 0 Å². The van der Waals surface area contributed by atoms with Crippen LogP contribution in [0.2, 0.25) is 0 Å². The molecule has 25 heavy (non-hydrogen) atoms. The fourth-order valence-corrected chi connectivity index (χ4v) is 3.46. The van der Waals surface area contributed by atoms with Crippen LogP contribution in [0.4, 0.5) is 0 Å². The van der Waals surface area contributed by atoms with Gasteiger partial charge in [-0.2, -0.15) is 5.10 Å². The number of hydrogen-bond acceptors (Lipinski definition) is 5. The maximum absolute atomic E-state index is 12.6. The molecule has 1 fully saturated rings. The van der Waals surface area contributed by atoms with Gasteiger partial charge in [-0.3, -0.25) is 19.6 Å². The summed E-state index contributed by atoms with van der Waals surface area (Å²) in [6.45, 7) is 0.986. The summed E-state index contributed by atoms with van der Waals surface area (Å²) in [6, 6.07) is 9.06. The molecule has 2 aromatic rings. The molecule has 0 saturated carbocycles. The number of aromatic nitrogens is 2. The molecule has 7 nitrogen and oxygen atoms in total. The van der Waals surface area contributed by atoms with Gasteiger partial charge in [-0.15, -0.1) is 0 Å². The summed E-state index contributed by atoms with van der Waals surface area (Å²) < 4.78 is 0. The fraction of sp³-hybridized carbons (Fsp3) is 0.278. The SMILES string of the molecule is O=C(c1cccnc1)N1CCC2(CC1)C(=O)NN=C2c1ccccn1. The molecule has 0 unspecified atom stereocenters. The van der Waals surface area contributed by atoms with Gasteiger partial charge in [-0.05, 0) is 37.1 Å². The lowest BCUT2D eigenvalue weighted by Gasteiger charge is -2.37. The molecule has 0 radical (unpaired) electrons. The summed E-state index contributed by atoms with van der Waals surface area (Å²) in [6.07, 6.45) is 5.95. The van der Waals surface area contributed by atoms with E-state index in [1.807, 2.05) is 18.2 Å². The minimum Gasteiger partial charge on any atom is -0.339 e. The molecule has 2 aliphatic heterocycles. The summed E-state index contributed by atoms with van der Waals surface area (Å²) in [4.78, 5) is 35.2. The smallest absolute Gasteiger partial charge is 0.255 e. The number of pyridine rings is 2. The number of likely N-dealkylation sites (tertiary alicyclic amines) is 1. The molecule has 1 spiro atoms. The zero-order valence-electron chi connectivity index (χ0n) is 13.6. The molecule has 0 aliphatic carbocycles. The van der Waals surface area contributed by atoms with E-state index < -0.39 is 5.41 Å². The highest BCUT2D eigenvalue weighted by molar-refractivity contribution is 6.19. The molecule has 2 aliphatic rings. The Bertz CT molecular complexity index is 827. The van der Waals surface area contributed by atoms with E-state index in [1.54, 1.807) is 35.6 Å². The Kier molecular flexibility index (Phi) is 3.76. The summed E-state index contributed by atoms with van der Waals surface area (Å²) in [5.41, 5.74) is 3.83. The Hall–Kier alpha value is -3.09. The number of amides is 2. The van der Waals surface area contributed by atoms with E-state index in [0.717, 1.165) is 0 Å². The van der Waals surface area contributed by atoms with Crippen LogP contribution in [0.3, 0.4) is 0 Å². The van der Waals surface area contributed by atoms with Crippen molar-refractivity contribution in [3.8, 4) is 0 Å².